The molecule has 0 bridgehead atoms. The van der Waals surface area contributed by atoms with Crippen molar-refractivity contribution in [2.75, 3.05) is 26.2 Å². The van der Waals surface area contributed by atoms with Crippen LogP contribution in [0.2, 0.25) is 0 Å². The lowest BCUT2D eigenvalue weighted by atomic mass is 9.95. The molecule has 2 amide bonds. The Balaban J connectivity index is 1.35. The predicted octanol–water partition coefficient (Wildman–Crippen LogP) is 4.49. The molecule has 0 aliphatic carbocycles. The van der Waals surface area contributed by atoms with Crippen LogP contribution in [0, 0.1) is 0 Å². The smallest absolute Gasteiger partial charge is 0.253 e. The molecule has 2 saturated heterocycles. The van der Waals surface area contributed by atoms with Gasteiger partial charge in [-0.2, -0.15) is 0 Å². The van der Waals surface area contributed by atoms with Crippen molar-refractivity contribution < 1.29 is 14.3 Å². The van der Waals surface area contributed by atoms with E-state index in [0.717, 1.165) is 63.1 Å². The minimum atomic E-state index is -0.0994. The van der Waals surface area contributed by atoms with Gasteiger partial charge in [-0.05, 0) is 61.9 Å². The number of hydrogen-bond acceptors (Lipinski definition) is 3. The number of amides is 2. The van der Waals surface area contributed by atoms with Gasteiger partial charge in [0.1, 0.15) is 12.4 Å². The molecule has 0 saturated carbocycles. The minimum Gasteiger partial charge on any atom is -0.491 e. The Morgan fingerprint density at radius 1 is 0.968 bits per heavy atom. The molecule has 0 radical (unpaired) electrons. The second-order valence-corrected chi connectivity index (χ2v) is 8.53. The van der Waals surface area contributed by atoms with Gasteiger partial charge < -0.3 is 14.5 Å². The topological polar surface area (TPSA) is 49.9 Å². The van der Waals surface area contributed by atoms with Gasteiger partial charge in [0.05, 0.1) is 12.0 Å². The standard InChI is InChI=1S/C26H32N2O3/c1-2-24(20-9-4-3-5-10-20)26(30)28-18-8-11-22(28)19-31-23-14-12-21(13-15-23)25(29)27-16-6-7-17-27/h3-5,9-10,12-15,22,24H,2,6-8,11,16-19H2,1H3/t22-,24-/m0/s1. The van der Waals surface area contributed by atoms with Crippen molar-refractivity contribution >= 4 is 11.8 Å². The normalized spacial score (nSPS) is 19.5. The fraction of sp³-hybridized carbons (Fsp3) is 0.462. The lowest BCUT2D eigenvalue weighted by Crippen LogP contribution is -2.41. The van der Waals surface area contributed by atoms with E-state index in [0.29, 0.717) is 12.2 Å². The summed E-state index contributed by atoms with van der Waals surface area (Å²) in [5, 5.41) is 0. The molecule has 0 spiro atoms. The fourth-order valence-corrected chi connectivity index (χ4v) is 4.73. The van der Waals surface area contributed by atoms with Gasteiger partial charge in [-0.3, -0.25) is 9.59 Å². The second-order valence-electron chi connectivity index (χ2n) is 8.53. The summed E-state index contributed by atoms with van der Waals surface area (Å²) >= 11 is 0. The summed E-state index contributed by atoms with van der Waals surface area (Å²) in [4.78, 5) is 29.7. The van der Waals surface area contributed by atoms with Crippen LogP contribution in [0.5, 0.6) is 5.75 Å². The Labute approximate surface area is 185 Å². The van der Waals surface area contributed by atoms with Crippen LogP contribution in [0.4, 0.5) is 0 Å². The third-order valence-electron chi connectivity index (χ3n) is 6.51. The molecule has 2 aromatic rings. The number of likely N-dealkylation sites (tertiary alicyclic amines) is 2. The van der Waals surface area contributed by atoms with Crippen LogP contribution < -0.4 is 4.74 Å². The number of hydrogen-bond donors (Lipinski definition) is 0. The fourth-order valence-electron chi connectivity index (χ4n) is 4.73. The first-order valence-corrected chi connectivity index (χ1v) is 11.5. The first kappa shape index (κ1) is 21.4. The molecule has 164 valence electrons. The van der Waals surface area contributed by atoms with Crippen LogP contribution in [-0.2, 0) is 4.79 Å². The SMILES string of the molecule is CC[C@H](C(=O)N1CCC[C@H]1COc1ccc(C(=O)N2CCCC2)cc1)c1ccccc1. The van der Waals surface area contributed by atoms with E-state index < -0.39 is 0 Å². The number of benzene rings is 2. The molecule has 2 heterocycles. The van der Waals surface area contributed by atoms with Gasteiger partial charge in [0.15, 0.2) is 0 Å². The summed E-state index contributed by atoms with van der Waals surface area (Å²) in [5.74, 6) is 0.944. The monoisotopic (exact) mass is 420 g/mol. The molecule has 5 heteroatoms. The van der Waals surface area contributed by atoms with Crippen LogP contribution in [0.3, 0.4) is 0 Å². The lowest BCUT2D eigenvalue weighted by Gasteiger charge is -2.29. The van der Waals surface area contributed by atoms with E-state index in [-0.39, 0.29) is 23.8 Å². The van der Waals surface area contributed by atoms with E-state index in [1.807, 2.05) is 64.4 Å². The zero-order valence-corrected chi connectivity index (χ0v) is 18.3. The average Bonchev–Trinajstić information content (AvgIpc) is 3.51. The van der Waals surface area contributed by atoms with Crippen molar-refractivity contribution in [3.63, 3.8) is 0 Å². The summed E-state index contributed by atoms with van der Waals surface area (Å²) in [6, 6.07) is 17.6. The van der Waals surface area contributed by atoms with Crippen molar-refractivity contribution in [1.29, 1.82) is 0 Å². The minimum absolute atomic E-state index is 0.0937. The highest BCUT2D eigenvalue weighted by Gasteiger charge is 2.33. The van der Waals surface area contributed by atoms with Crippen molar-refractivity contribution in [3.05, 3.63) is 65.7 Å². The number of carbonyl (C=O) groups is 2. The third-order valence-corrected chi connectivity index (χ3v) is 6.51. The molecule has 31 heavy (non-hydrogen) atoms. The van der Waals surface area contributed by atoms with E-state index in [1.54, 1.807) is 0 Å². The maximum atomic E-state index is 13.3. The highest BCUT2D eigenvalue weighted by atomic mass is 16.5. The molecule has 0 N–H and O–H groups in total. The summed E-state index contributed by atoms with van der Waals surface area (Å²) in [6.07, 6.45) is 4.94. The van der Waals surface area contributed by atoms with E-state index in [1.165, 1.54) is 0 Å². The molecule has 2 aliphatic heterocycles. The maximum absolute atomic E-state index is 13.3. The van der Waals surface area contributed by atoms with Crippen molar-refractivity contribution in [1.82, 2.24) is 9.80 Å². The Kier molecular flexibility index (Phi) is 6.90. The van der Waals surface area contributed by atoms with Crippen molar-refractivity contribution in [2.45, 2.75) is 51.0 Å². The first-order valence-electron chi connectivity index (χ1n) is 11.5. The molecular weight excluding hydrogens is 388 g/mol. The first-order chi connectivity index (χ1) is 15.2. The summed E-state index contributed by atoms with van der Waals surface area (Å²) in [5.41, 5.74) is 1.79. The highest BCUT2D eigenvalue weighted by Crippen LogP contribution is 2.28. The number of carbonyl (C=O) groups excluding carboxylic acids is 2. The Morgan fingerprint density at radius 2 is 1.68 bits per heavy atom. The van der Waals surface area contributed by atoms with Gasteiger partial charge in [0.2, 0.25) is 5.91 Å². The Morgan fingerprint density at radius 3 is 2.35 bits per heavy atom. The van der Waals surface area contributed by atoms with Crippen LogP contribution in [0.1, 0.15) is 60.9 Å². The number of rotatable bonds is 7. The average molecular weight is 421 g/mol. The molecule has 5 nitrogen and oxygen atoms in total. The molecule has 2 atom stereocenters. The predicted molar refractivity (Wildman–Crippen MR) is 121 cm³/mol. The van der Waals surface area contributed by atoms with E-state index in [2.05, 4.69) is 6.92 Å². The number of ether oxygens (including phenoxy) is 1. The van der Waals surface area contributed by atoms with Gasteiger partial charge in [-0.25, -0.2) is 0 Å². The summed E-state index contributed by atoms with van der Waals surface area (Å²) in [7, 11) is 0. The van der Waals surface area contributed by atoms with E-state index >= 15 is 0 Å². The zero-order valence-electron chi connectivity index (χ0n) is 18.3. The molecule has 2 aliphatic rings. The molecule has 0 aromatic heterocycles. The lowest BCUT2D eigenvalue weighted by molar-refractivity contribution is -0.134. The van der Waals surface area contributed by atoms with Gasteiger partial charge >= 0.3 is 0 Å². The van der Waals surface area contributed by atoms with Crippen molar-refractivity contribution in [3.8, 4) is 5.75 Å². The molecule has 4 rings (SSSR count). The largest absolute Gasteiger partial charge is 0.491 e. The quantitative estimate of drug-likeness (QED) is 0.663. The van der Waals surface area contributed by atoms with Crippen molar-refractivity contribution in [2.24, 2.45) is 0 Å². The van der Waals surface area contributed by atoms with E-state index in [9.17, 15) is 9.59 Å². The molecular formula is C26H32N2O3. The Hall–Kier alpha value is -2.82. The van der Waals surface area contributed by atoms with Gasteiger partial charge in [0, 0.05) is 25.2 Å². The molecule has 0 unspecified atom stereocenters. The zero-order chi connectivity index (χ0) is 21.6. The van der Waals surface area contributed by atoms with E-state index in [4.69, 9.17) is 4.74 Å². The third kappa shape index (κ3) is 4.92. The van der Waals surface area contributed by atoms with Gasteiger partial charge in [0.25, 0.3) is 5.91 Å². The summed E-state index contributed by atoms with van der Waals surface area (Å²) in [6.45, 7) is 5.05. The van der Waals surface area contributed by atoms with Crippen LogP contribution in [-0.4, -0.2) is 53.9 Å². The van der Waals surface area contributed by atoms with Crippen LogP contribution in [0.15, 0.2) is 54.6 Å². The second kappa shape index (κ2) is 9.99. The maximum Gasteiger partial charge on any atom is 0.253 e. The Bertz CT molecular complexity index is 875. The highest BCUT2D eigenvalue weighted by molar-refractivity contribution is 5.94. The number of nitrogens with zero attached hydrogens (tertiary/aromatic N) is 2. The molecule has 2 aromatic carbocycles. The van der Waals surface area contributed by atoms with Crippen LogP contribution in [0.25, 0.3) is 0 Å². The summed E-state index contributed by atoms with van der Waals surface area (Å²) < 4.78 is 6.03. The van der Waals surface area contributed by atoms with Gasteiger partial charge in [-0.15, -0.1) is 0 Å². The molecule has 2 fully saturated rings. The van der Waals surface area contributed by atoms with Crippen LogP contribution >= 0.6 is 0 Å². The van der Waals surface area contributed by atoms with Gasteiger partial charge in [-0.1, -0.05) is 37.3 Å².